The van der Waals surface area contributed by atoms with E-state index < -0.39 is 34.7 Å². The van der Waals surface area contributed by atoms with Gasteiger partial charge in [-0.2, -0.15) is 0 Å². The van der Waals surface area contributed by atoms with E-state index in [0.29, 0.717) is 0 Å². The highest BCUT2D eigenvalue weighted by Gasteiger charge is 2.81. The Morgan fingerprint density at radius 1 is 1.19 bits per heavy atom. The Balaban J connectivity index is 2.04. The molecule has 1 aromatic rings. The predicted molar refractivity (Wildman–Crippen MR) is 69.1 cm³/mol. The fraction of sp³-hybridized carbons (Fsp3) is 0.538. The average Bonchev–Trinajstić information content (AvgIpc) is 3.02. The number of hydrogen-bond donors (Lipinski definition) is 0. The van der Waals surface area contributed by atoms with E-state index in [4.69, 9.17) is 4.74 Å². The Labute approximate surface area is 118 Å². The number of nitrogens with zero attached hydrogens (tertiary/aromatic N) is 3. The minimum Gasteiger partial charge on any atom is -0.343 e. The Morgan fingerprint density at radius 2 is 1.81 bits per heavy atom. The first-order valence-corrected chi connectivity index (χ1v) is 6.61. The van der Waals surface area contributed by atoms with Crippen molar-refractivity contribution >= 4 is 11.6 Å². The summed E-state index contributed by atoms with van der Waals surface area (Å²) >= 11 is 0. The summed E-state index contributed by atoms with van der Waals surface area (Å²) in [6.45, 7) is 2.91. The van der Waals surface area contributed by atoms with Crippen LogP contribution in [0.3, 0.4) is 0 Å². The normalized spacial score (nSPS) is 38.9. The SMILES string of the molecule is CC(=O)[C@]1(C)OC12C(=O)C1C=CC2n2c(=O)n(C)c(=O)n21. The van der Waals surface area contributed by atoms with Crippen LogP contribution in [0.4, 0.5) is 0 Å². The molecule has 8 nitrogen and oxygen atoms in total. The maximum Gasteiger partial charge on any atom is 0.347 e. The molecule has 21 heavy (non-hydrogen) atoms. The largest absolute Gasteiger partial charge is 0.347 e. The van der Waals surface area contributed by atoms with Crippen molar-refractivity contribution in [2.24, 2.45) is 7.05 Å². The number of ketones is 2. The molecule has 5 rings (SSSR count). The fourth-order valence-corrected chi connectivity index (χ4v) is 3.58. The van der Waals surface area contributed by atoms with E-state index in [1.54, 1.807) is 19.1 Å². The van der Waals surface area contributed by atoms with Crippen LogP contribution < -0.4 is 11.4 Å². The topological polar surface area (TPSA) is 95.6 Å². The van der Waals surface area contributed by atoms with Crippen LogP contribution in [0.5, 0.6) is 0 Å². The number of hydrogen-bond acceptors (Lipinski definition) is 5. The molecule has 8 heteroatoms. The Hall–Kier alpha value is -2.22. The number of epoxide rings is 1. The summed E-state index contributed by atoms with van der Waals surface area (Å²) in [7, 11) is 1.36. The summed E-state index contributed by atoms with van der Waals surface area (Å²) in [6, 6.07) is -1.68. The molecule has 1 spiro atoms. The quantitative estimate of drug-likeness (QED) is 0.473. The smallest absolute Gasteiger partial charge is 0.343 e. The van der Waals surface area contributed by atoms with Gasteiger partial charge in [0.05, 0.1) is 0 Å². The van der Waals surface area contributed by atoms with Crippen molar-refractivity contribution in [3.05, 3.63) is 33.1 Å². The summed E-state index contributed by atoms with van der Waals surface area (Å²) in [6.07, 6.45) is 3.25. The summed E-state index contributed by atoms with van der Waals surface area (Å²) in [5, 5.41) is 0. The van der Waals surface area contributed by atoms with Gasteiger partial charge in [0.1, 0.15) is 12.1 Å². The van der Waals surface area contributed by atoms with E-state index in [-0.39, 0.29) is 11.6 Å². The molecule has 0 aromatic carbocycles. The third-order valence-electron chi connectivity index (χ3n) is 4.96. The predicted octanol–water partition coefficient (Wildman–Crippen LogP) is -1.30. The maximum absolute atomic E-state index is 12.7. The van der Waals surface area contributed by atoms with E-state index in [9.17, 15) is 19.2 Å². The lowest BCUT2D eigenvalue weighted by Gasteiger charge is -2.37. The van der Waals surface area contributed by atoms with Crippen LogP contribution in [0.1, 0.15) is 25.9 Å². The second-order valence-electron chi connectivity index (χ2n) is 5.88. The standard InChI is InChI=1S/C13H13N3O5/c1-6(17)12(2)13(21-12)8-5-4-7(9(13)18)15-10(19)14(3)11(20)16(8)15/h4-5,7-8H,1-3H3/t7?,8?,12-,13?/m0/s1. The second kappa shape index (κ2) is 3.16. The molecule has 3 aliphatic heterocycles. The number of Topliss-reactive ketones (excluding diaryl/α,β-unsaturated/α-hetero) is 2. The third kappa shape index (κ3) is 1.02. The van der Waals surface area contributed by atoms with Crippen LogP contribution in [-0.4, -0.2) is 36.7 Å². The van der Waals surface area contributed by atoms with Gasteiger partial charge in [0.25, 0.3) is 0 Å². The second-order valence-corrected chi connectivity index (χ2v) is 5.88. The van der Waals surface area contributed by atoms with Crippen LogP contribution in [0.25, 0.3) is 0 Å². The Morgan fingerprint density at radius 3 is 2.38 bits per heavy atom. The number of rotatable bonds is 1. The van der Waals surface area contributed by atoms with E-state index in [1.807, 2.05) is 0 Å². The lowest BCUT2D eigenvalue weighted by Crippen LogP contribution is -2.57. The van der Waals surface area contributed by atoms with E-state index in [1.165, 1.54) is 18.7 Å². The molecule has 0 N–H and O–H groups in total. The van der Waals surface area contributed by atoms with Gasteiger partial charge >= 0.3 is 11.4 Å². The van der Waals surface area contributed by atoms with E-state index >= 15 is 0 Å². The maximum atomic E-state index is 12.7. The van der Waals surface area contributed by atoms with Crippen molar-refractivity contribution in [1.29, 1.82) is 0 Å². The lowest BCUT2D eigenvalue weighted by molar-refractivity contribution is -0.132. The van der Waals surface area contributed by atoms with Crippen molar-refractivity contribution in [3.8, 4) is 0 Å². The van der Waals surface area contributed by atoms with Crippen LogP contribution in [0.15, 0.2) is 21.7 Å². The number of allylic oxidation sites excluding steroid dienone is 1. The van der Waals surface area contributed by atoms with Crippen LogP contribution in [0.2, 0.25) is 0 Å². The van der Waals surface area contributed by atoms with Gasteiger partial charge in [0.15, 0.2) is 22.8 Å². The molecular formula is C13H13N3O5. The summed E-state index contributed by atoms with van der Waals surface area (Å²) in [5.41, 5.74) is -3.68. The first-order valence-electron chi connectivity index (χ1n) is 6.61. The van der Waals surface area contributed by atoms with Crippen LogP contribution in [-0.2, 0) is 21.4 Å². The molecule has 1 aromatic heterocycles. The number of aromatic nitrogens is 3. The summed E-state index contributed by atoms with van der Waals surface area (Å²) in [4.78, 5) is 48.9. The minimum atomic E-state index is -1.37. The highest BCUT2D eigenvalue weighted by atomic mass is 16.6. The van der Waals surface area contributed by atoms with Gasteiger partial charge < -0.3 is 4.74 Å². The first kappa shape index (κ1) is 12.5. The molecule has 0 amide bonds. The van der Waals surface area contributed by atoms with E-state index in [2.05, 4.69) is 0 Å². The Kier molecular flexibility index (Phi) is 1.89. The lowest BCUT2D eigenvalue weighted by atomic mass is 9.75. The molecule has 1 saturated heterocycles. The monoisotopic (exact) mass is 291 g/mol. The molecule has 0 saturated carbocycles. The molecule has 110 valence electrons. The zero-order chi connectivity index (χ0) is 15.3. The van der Waals surface area contributed by atoms with Gasteiger partial charge in [0.2, 0.25) is 0 Å². The van der Waals surface area contributed by atoms with Crippen molar-refractivity contribution in [2.75, 3.05) is 0 Å². The van der Waals surface area contributed by atoms with Gasteiger partial charge in [-0.25, -0.2) is 23.5 Å². The van der Waals surface area contributed by atoms with Crippen LogP contribution in [0, 0.1) is 0 Å². The highest BCUT2D eigenvalue weighted by Crippen LogP contribution is 2.60. The molecular weight excluding hydrogens is 278 g/mol. The molecule has 4 aliphatic rings. The van der Waals surface area contributed by atoms with Gasteiger partial charge in [-0.15, -0.1) is 0 Å². The molecule has 1 aliphatic carbocycles. The van der Waals surface area contributed by atoms with Crippen molar-refractivity contribution in [3.63, 3.8) is 0 Å². The van der Waals surface area contributed by atoms with Gasteiger partial charge in [-0.3, -0.25) is 9.59 Å². The van der Waals surface area contributed by atoms with Crippen LogP contribution >= 0.6 is 0 Å². The van der Waals surface area contributed by atoms with Gasteiger partial charge in [-0.05, 0) is 13.8 Å². The molecule has 4 heterocycles. The molecule has 2 bridgehead atoms. The van der Waals surface area contributed by atoms with Crippen molar-refractivity contribution in [2.45, 2.75) is 37.1 Å². The molecule has 3 unspecified atom stereocenters. The fourth-order valence-electron chi connectivity index (χ4n) is 3.58. The Bertz CT molecular complexity index is 871. The number of carbonyl (C=O) groups excluding carboxylic acids is 2. The zero-order valence-electron chi connectivity index (χ0n) is 11.7. The average molecular weight is 291 g/mol. The van der Waals surface area contributed by atoms with Gasteiger partial charge in [-0.1, -0.05) is 12.2 Å². The minimum absolute atomic E-state index is 0.269. The van der Waals surface area contributed by atoms with Gasteiger partial charge in [0, 0.05) is 7.05 Å². The first-order chi connectivity index (χ1) is 9.77. The third-order valence-corrected chi connectivity index (χ3v) is 4.96. The molecule has 4 atom stereocenters. The van der Waals surface area contributed by atoms with Crippen molar-refractivity contribution < 1.29 is 14.3 Å². The molecule has 1 fully saturated rings. The summed E-state index contributed by atoms with van der Waals surface area (Å²) < 4.78 is 8.88. The van der Waals surface area contributed by atoms with Crippen molar-refractivity contribution in [1.82, 2.24) is 13.9 Å². The molecule has 0 radical (unpaired) electrons. The zero-order valence-corrected chi connectivity index (χ0v) is 11.7. The van der Waals surface area contributed by atoms with E-state index in [0.717, 1.165) is 9.25 Å². The number of carbonyl (C=O) groups is 2. The summed E-state index contributed by atoms with van der Waals surface area (Å²) in [5.74, 6) is -0.616. The highest BCUT2D eigenvalue weighted by molar-refractivity contribution is 6.07. The number of ether oxygens (including phenoxy) is 1.